The van der Waals surface area contributed by atoms with E-state index in [9.17, 15) is 14.7 Å². The minimum absolute atomic E-state index is 0.122. The molecule has 0 atom stereocenters. The van der Waals surface area contributed by atoms with E-state index in [-0.39, 0.29) is 11.5 Å². The number of likely N-dealkylation sites (tertiary alicyclic amines) is 1. The molecular formula is C13H14NO4-. The zero-order valence-electron chi connectivity index (χ0n) is 9.93. The largest absolute Gasteiger partial charge is 0.545 e. The van der Waals surface area contributed by atoms with Crippen molar-refractivity contribution in [3.8, 4) is 5.75 Å². The molecule has 1 amide bonds. The van der Waals surface area contributed by atoms with E-state index in [2.05, 4.69) is 0 Å². The number of carboxylic acid groups (broad SMARTS) is 1. The molecule has 1 heterocycles. The first kappa shape index (κ1) is 12.4. The lowest BCUT2D eigenvalue weighted by atomic mass is 10.2. The van der Waals surface area contributed by atoms with Crippen LogP contribution in [-0.2, 0) is 4.79 Å². The van der Waals surface area contributed by atoms with Crippen molar-refractivity contribution in [1.82, 2.24) is 4.90 Å². The van der Waals surface area contributed by atoms with E-state index in [4.69, 9.17) is 4.74 Å². The number of ether oxygens (including phenoxy) is 1. The summed E-state index contributed by atoms with van der Waals surface area (Å²) in [7, 11) is 0. The van der Waals surface area contributed by atoms with Crippen molar-refractivity contribution in [3.05, 3.63) is 29.8 Å². The fourth-order valence-corrected chi connectivity index (χ4v) is 1.90. The fraction of sp³-hybridized carbons (Fsp3) is 0.385. The van der Waals surface area contributed by atoms with Gasteiger partial charge in [-0.05, 0) is 36.2 Å². The molecule has 0 saturated carbocycles. The Kier molecular flexibility index (Phi) is 3.82. The van der Waals surface area contributed by atoms with Gasteiger partial charge in [0.1, 0.15) is 12.4 Å². The first-order valence-corrected chi connectivity index (χ1v) is 5.89. The van der Waals surface area contributed by atoms with Crippen molar-refractivity contribution >= 4 is 11.9 Å². The molecule has 1 aromatic carbocycles. The number of hydrogen-bond donors (Lipinski definition) is 0. The van der Waals surface area contributed by atoms with Crippen molar-refractivity contribution in [2.45, 2.75) is 12.8 Å². The summed E-state index contributed by atoms with van der Waals surface area (Å²) in [5.41, 5.74) is 0.122. The van der Waals surface area contributed by atoms with Crippen LogP contribution < -0.4 is 9.84 Å². The van der Waals surface area contributed by atoms with Crippen LogP contribution in [0.25, 0.3) is 0 Å². The molecule has 0 N–H and O–H groups in total. The minimum atomic E-state index is -1.20. The summed E-state index contributed by atoms with van der Waals surface area (Å²) in [6.07, 6.45) is 1.54. The molecule has 1 aliphatic rings. The molecule has 0 bridgehead atoms. The lowest BCUT2D eigenvalue weighted by Crippen LogP contribution is -2.29. The average molecular weight is 248 g/mol. The first-order chi connectivity index (χ1) is 8.66. The van der Waals surface area contributed by atoms with Crippen LogP contribution in [0.5, 0.6) is 5.75 Å². The van der Waals surface area contributed by atoms with Crippen LogP contribution in [0.1, 0.15) is 23.2 Å². The Morgan fingerprint density at radius 1 is 1.33 bits per heavy atom. The van der Waals surface area contributed by atoms with Gasteiger partial charge in [-0.1, -0.05) is 0 Å². The van der Waals surface area contributed by atoms with Crippen molar-refractivity contribution in [2.24, 2.45) is 0 Å². The summed E-state index contributed by atoms with van der Waals surface area (Å²) in [5.74, 6) is -0.443. The van der Waals surface area contributed by atoms with Gasteiger partial charge in [0, 0.05) is 13.0 Å². The average Bonchev–Trinajstić information content (AvgIpc) is 2.76. The Hall–Kier alpha value is -2.04. The Morgan fingerprint density at radius 3 is 2.61 bits per heavy atom. The van der Waals surface area contributed by atoms with E-state index < -0.39 is 5.97 Å². The highest BCUT2D eigenvalue weighted by Crippen LogP contribution is 2.13. The predicted octanol–water partition coefficient (Wildman–Crippen LogP) is 0.0513. The molecule has 5 nitrogen and oxygen atoms in total. The number of carboxylic acids is 1. The van der Waals surface area contributed by atoms with E-state index in [0.29, 0.717) is 25.3 Å². The molecule has 0 unspecified atom stereocenters. The van der Waals surface area contributed by atoms with Gasteiger partial charge in [0.15, 0.2) is 0 Å². The SMILES string of the molecule is O=C([O-])c1ccc(OCCN2CCCC2=O)cc1. The number of amides is 1. The van der Waals surface area contributed by atoms with Gasteiger partial charge >= 0.3 is 0 Å². The van der Waals surface area contributed by atoms with Gasteiger partial charge in [0.2, 0.25) is 5.91 Å². The van der Waals surface area contributed by atoms with Crippen LogP contribution in [0.15, 0.2) is 24.3 Å². The number of carbonyl (C=O) groups is 2. The number of benzene rings is 1. The molecule has 1 saturated heterocycles. The maximum atomic E-state index is 11.3. The first-order valence-electron chi connectivity index (χ1n) is 5.89. The lowest BCUT2D eigenvalue weighted by Gasteiger charge is -2.15. The number of aromatic carboxylic acids is 1. The molecular weight excluding hydrogens is 234 g/mol. The molecule has 1 fully saturated rings. The Labute approximate surface area is 105 Å². The van der Waals surface area contributed by atoms with E-state index >= 15 is 0 Å². The second kappa shape index (κ2) is 5.53. The van der Waals surface area contributed by atoms with Crippen LogP contribution in [-0.4, -0.2) is 36.5 Å². The van der Waals surface area contributed by atoms with Crippen LogP contribution in [0.3, 0.4) is 0 Å². The number of nitrogens with zero attached hydrogens (tertiary/aromatic N) is 1. The summed E-state index contributed by atoms with van der Waals surface area (Å²) < 4.78 is 5.44. The fourth-order valence-electron chi connectivity index (χ4n) is 1.90. The number of hydrogen-bond acceptors (Lipinski definition) is 4. The topological polar surface area (TPSA) is 69.7 Å². The molecule has 0 spiro atoms. The van der Waals surface area contributed by atoms with Crippen LogP contribution >= 0.6 is 0 Å². The third kappa shape index (κ3) is 3.00. The summed E-state index contributed by atoms with van der Waals surface area (Å²) in [6, 6.07) is 6.03. The summed E-state index contributed by atoms with van der Waals surface area (Å²) in [5, 5.41) is 10.5. The van der Waals surface area contributed by atoms with Gasteiger partial charge in [-0.15, -0.1) is 0 Å². The molecule has 0 aromatic heterocycles. The van der Waals surface area contributed by atoms with Gasteiger partial charge in [-0.25, -0.2) is 0 Å². The summed E-state index contributed by atoms with van der Waals surface area (Å²) in [6.45, 7) is 1.78. The van der Waals surface area contributed by atoms with E-state index in [1.165, 1.54) is 12.1 Å². The number of rotatable bonds is 5. The highest BCUT2D eigenvalue weighted by Gasteiger charge is 2.19. The zero-order chi connectivity index (χ0) is 13.0. The Bertz CT molecular complexity index is 441. The van der Waals surface area contributed by atoms with E-state index in [1.807, 2.05) is 0 Å². The minimum Gasteiger partial charge on any atom is -0.545 e. The molecule has 5 heteroatoms. The summed E-state index contributed by atoms with van der Waals surface area (Å²) >= 11 is 0. The predicted molar refractivity (Wildman–Crippen MR) is 62.1 cm³/mol. The molecule has 1 aliphatic heterocycles. The van der Waals surface area contributed by atoms with Gasteiger partial charge in [0.25, 0.3) is 0 Å². The van der Waals surface area contributed by atoms with Gasteiger partial charge < -0.3 is 19.5 Å². The molecule has 2 rings (SSSR count). The van der Waals surface area contributed by atoms with Crippen molar-refractivity contribution in [1.29, 1.82) is 0 Å². The Balaban J connectivity index is 1.79. The van der Waals surface area contributed by atoms with E-state index in [1.54, 1.807) is 17.0 Å². The third-order valence-electron chi connectivity index (χ3n) is 2.89. The van der Waals surface area contributed by atoms with Crippen LogP contribution in [0.2, 0.25) is 0 Å². The maximum absolute atomic E-state index is 11.3. The second-order valence-corrected chi connectivity index (χ2v) is 4.14. The lowest BCUT2D eigenvalue weighted by molar-refractivity contribution is -0.255. The second-order valence-electron chi connectivity index (χ2n) is 4.14. The van der Waals surface area contributed by atoms with Crippen molar-refractivity contribution in [2.75, 3.05) is 19.7 Å². The number of carbonyl (C=O) groups excluding carboxylic acids is 2. The molecule has 0 aliphatic carbocycles. The molecule has 18 heavy (non-hydrogen) atoms. The van der Waals surface area contributed by atoms with Gasteiger partial charge in [0.05, 0.1) is 12.5 Å². The highest BCUT2D eigenvalue weighted by molar-refractivity contribution is 5.85. The van der Waals surface area contributed by atoms with E-state index in [0.717, 1.165) is 13.0 Å². The summed E-state index contributed by atoms with van der Waals surface area (Å²) in [4.78, 5) is 23.6. The molecule has 1 aromatic rings. The van der Waals surface area contributed by atoms with Crippen LogP contribution in [0.4, 0.5) is 0 Å². The third-order valence-corrected chi connectivity index (χ3v) is 2.89. The van der Waals surface area contributed by atoms with Gasteiger partial charge in [-0.2, -0.15) is 0 Å². The van der Waals surface area contributed by atoms with Crippen molar-refractivity contribution < 1.29 is 19.4 Å². The Morgan fingerprint density at radius 2 is 2.06 bits per heavy atom. The standard InChI is InChI=1S/C13H15NO4/c15-12-2-1-7-14(12)8-9-18-11-5-3-10(4-6-11)13(16)17/h3-6H,1-2,7-9H2,(H,16,17)/p-1. The van der Waals surface area contributed by atoms with Crippen molar-refractivity contribution in [3.63, 3.8) is 0 Å². The highest BCUT2D eigenvalue weighted by atomic mass is 16.5. The van der Waals surface area contributed by atoms with Gasteiger partial charge in [-0.3, -0.25) is 4.79 Å². The smallest absolute Gasteiger partial charge is 0.222 e. The monoisotopic (exact) mass is 248 g/mol. The quantitative estimate of drug-likeness (QED) is 0.738. The van der Waals surface area contributed by atoms with Crippen LogP contribution in [0, 0.1) is 0 Å². The normalized spacial score (nSPS) is 14.9. The zero-order valence-corrected chi connectivity index (χ0v) is 9.93. The molecule has 0 radical (unpaired) electrons. The molecule has 96 valence electrons. The maximum Gasteiger partial charge on any atom is 0.222 e.